The Kier molecular flexibility index (Phi) is 6.59. The minimum Gasteiger partial charge on any atom is -0.379 e. The highest BCUT2D eigenvalue weighted by molar-refractivity contribution is 7.14. The first-order chi connectivity index (χ1) is 12.9. The second-order valence-electron chi connectivity index (χ2n) is 6.94. The number of hydrogen-bond acceptors (Lipinski definition) is 7. The highest BCUT2D eigenvalue weighted by atomic mass is 32.1. The SMILES string of the molecule is CC(C)(CNC(=O)Cc1csc(NC(=O)c2cccs2)n1)N1CCOCC1. The molecular formula is C18H24N4O3S2. The van der Waals surface area contributed by atoms with Crippen molar-refractivity contribution < 1.29 is 14.3 Å². The Bertz CT molecular complexity index is 767. The van der Waals surface area contributed by atoms with E-state index in [9.17, 15) is 9.59 Å². The maximum absolute atomic E-state index is 12.3. The van der Waals surface area contributed by atoms with Gasteiger partial charge in [0, 0.05) is 30.6 Å². The van der Waals surface area contributed by atoms with Crippen LogP contribution in [0.2, 0.25) is 0 Å². The fraction of sp³-hybridized carbons (Fsp3) is 0.500. The van der Waals surface area contributed by atoms with Gasteiger partial charge in [0.05, 0.1) is 30.2 Å². The normalized spacial score (nSPS) is 15.5. The maximum atomic E-state index is 12.3. The number of morpholine rings is 1. The zero-order chi connectivity index (χ0) is 19.3. The molecule has 9 heteroatoms. The molecule has 1 saturated heterocycles. The highest BCUT2D eigenvalue weighted by Crippen LogP contribution is 2.19. The summed E-state index contributed by atoms with van der Waals surface area (Å²) in [6.07, 6.45) is 0.199. The number of nitrogens with one attached hydrogen (secondary N) is 2. The van der Waals surface area contributed by atoms with Crippen molar-refractivity contribution in [2.24, 2.45) is 0 Å². The average molecular weight is 409 g/mol. The Labute approximate surface area is 166 Å². The van der Waals surface area contributed by atoms with E-state index in [0.29, 0.717) is 22.2 Å². The average Bonchev–Trinajstić information content (AvgIpc) is 3.33. The van der Waals surface area contributed by atoms with E-state index >= 15 is 0 Å². The Morgan fingerprint density at radius 2 is 2.07 bits per heavy atom. The van der Waals surface area contributed by atoms with Gasteiger partial charge in [0.25, 0.3) is 5.91 Å². The predicted molar refractivity (Wildman–Crippen MR) is 108 cm³/mol. The van der Waals surface area contributed by atoms with Gasteiger partial charge in [0.2, 0.25) is 5.91 Å². The van der Waals surface area contributed by atoms with E-state index in [2.05, 4.69) is 34.4 Å². The molecule has 0 saturated carbocycles. The molecule has 1 aliphatic rings. The molecule has 3 rings (SSSR count). The van der Waals surface area contributed by atoms with Crippen molar-refractivity contribution in [1.82, 2.24) is 15.2 Å². The third-order valence-electron chi connectivity index (χ3n) is 4.44. The molecule has 0 radical (unpaired) electrons. The van der Waals surface area contributed by atoms with Crippen molar-refractivity contribution in [3.63, 3.8) is 0 Å². The van der Waals surface area contributed by atoms with E-state index in [1.807, 2.05) is 11.4 Å². The topological polar surface area (TPSA) is 83.6 Å². The fourth-order valence-electron chi connectivity index (χ4n) is 2.83. The molecule has 2 aromatic rings. The van der Waals surface area contributed by atoms with Gasteiger partial charge in [-0.2, -0.15) is 0 Å². The second-order valence-corrected chi connectivity index (χ2v) is 8.75. The van der Waals surface area contributed by atoms with Crippen molar-refractivity contribution in [2.75, 3.05) is 38.2 Å². The van der Waals surface area contributed by atoms with Crippen LogP contribution >= 0.6 is 22.7 Å². The Morgan fingerprint density at radius 3 is 2.78 bits per heavy atom. The Hall–Kier alpha value is -1.81. The van der Waals surface area contributed by atoms with Gasteiger partial charge in [-0.15, -0.1) is 22.7 Å². The number of rotatable bonds is 7. The van der Waals surface area contributed by atoms with E-state index in [4.69, 9.17) is 4.74 Å². The molecule has 2 N–H and O–H groups in total. The van der Waals surface area contributed by atoms with E-state index in [1.54, 1.807) is 11.4 Å². The van der Waals surface area contributed by atoms with Crippen molar-refractivity contribution in [2.45, 2.75) is 25.8 Å². The molecule has 2 amide bonds. The molecule has 0 aliphatic carbocycles. The number of amides is 2. The van der Waals surface area contributed by atoms with E-state index in [1.165, 1.54) is 22.7 Å². The number of ether oxygens (including phenoxy) is 1. The van der Waals surface area contributed by atoms with Gasteiger partial charge in [-0.05, 0) is 25.3 Å². The Morgan fingerprint density at radius 1 is 1.30 bits per heavy atom. The van der Waals surface area contributed by atoms with Crippen molar-refractivity contribution in [3.05, 3.63) is 33.5 Å². The summed E-state index contributed by atoms with van der Waals surface area (Å²) in [5.74, 6) is -0.250. The summed E-state index contributed by atoms with van der Waals surface area (Å²) in [5.41, 5.74) is 0.532. The predicted octanol–water partition coefficient (Wildman–Crippen LogP) is 2.23. The number of nitrogens with zero attached hydrogens (tertiary/aromatic N) is 2. The summed E-state index contributed by atoms with van der Waals surface area (Å²) < 4.78 is 5.39. The van der Waals surface area contributed by atoms with Crippen LogP contribution in [0.3, 0.4) is 0 Å². The van der Waals surface area contributed by atoms with Gasteiger partial charge in [0.15, 0.2) is 5.13 Å². The lowest BCUT2D eigenvalue weighted by Crippen LogP contribution is -2.55. The Balaban J connectivity index is 1.47. The lowest BCUT2D eigenvalue weighted by Gasteiger charge is -2.40. The summed E-state index contributed by atoms with van der Waals surface area (Å²) in [6.45, 7) is 8.04. The number of anilines is 1. The molecule has 2 aromatic heterocycles. The molecule has 146 valence electrons. The van der Waals surface area contributed by atoms with Crippen LogP contribution in [0.15, 0.2) is 22.9 Å². The summed E-state index contributed by atoms with van der Waals surface area (Å²) in [5, 5.41) is 9.92. The zero-order valence-electron chi connectivity index (χ0n) is 15.5. The van der Waals surface area contributed by atoms with Gasteiger partial charge in [-0.3, -0.25) is 19.8 Å². The highest BCUT2D eigenvalue weighted by Gasteiger charge is 2.28. The van der Waals surface area contributed by atoms with Crippen molar-refractivity contribution in [3.8, 4) is 0 Å². The zero-order valence-corrected chi connectivity index (χ0v) is 17.1. The third-order valence-corrected chi connectivity index (χ3v) is 6.12. The van der Waals surface area contributed by atoms with Crippen LogP contribution in [0, 0.1) is 0 Å². The van der Waals surface area contributed by atoms with Gasteiger partial charge < -0.3 is 10.1 Å². The molecule has 0 aromatic carbocycles. The summed E-state index contributed by atoms with van der Waals surface area (Å²) >= 11 is 2.70. The number of aromatic nitrogens is 1. The molecule has 0 spiro atoms. The molecule has 0 atom stereocenters. The smallest absolute Gasteiger partial charge is 0.267 e. The quantitative estimate of drug-likeness (QED) is 0.734. The van der Waals surface area contributed by atoms with Gasteiger partial charge in [-0.1, -0.05) is 6.07 Å². The number of hydrogen-bond donors (Lipinski definition) is 2. The largest absolute Gasteiger partial charge is 0.379 e. The molecule has 3 heterocycles. The standard InChI is InChI=1S/C18H24N4O3S2/c1-18(2,22-5-7-25-8-6-22)12-19-15(23)10-13-11-27-17(20-13)21-16(24)14-4-3-9-26-14/h3-4,9,11H,5-8,10,12H2,1-2H3,(H,19,23)(H,20,21,24). The third kappa shape index (κ3) is 5.58. The van der Waals surface area contributed by atoms with Gasteiger partial charge in [-0.25, -0.2) is 4.98 Å². The first-order valence-corrected chi connectivity index (χ1v) is 10.6. The molecule has 27 heavy (non-hydrogen) atoms. The number of thiophene rings is 1. The molecule has 1 fully saturated rings. The van der Waals surface area contributed by atoms with E-state index in [-0.39, 0.29) is 23.8 Å². The van der Waals surface area contributed by atoms with Crippen LogP contribution in [0.25, 0.3) is 0 Å². The van der Waals surface area contributed by atoms with E-state index in [0.717, 1.165) is 26.3 Å². The molecule has 7 nitrogen and oxygen atoms in total. The lowest BCUT2D eigenvalue weighted by molar-refractivity contribution is -0.121. The van der Waals surface area contributed by atoms with Crippen LogP contribution < -0.4 is 10.6 Å². The molecule has 1 aliphatic heterocycles. The number of carbonyl (C=O) groups excluding carboxylic acids is 2. The van der Waals surface area contributed by atoms with Crippen molar-refractivity contribution >= 4 is 39.6 Å². The minimum atomic E-state index is -0.178. The monoisotopic (exact) mass is 408 g/mol. The minimum absolute atomic E-state index is 0.0715. The molecule has 0 bridgehead atoms. The second kappa shape index (κ2) is 8.92. The molecule has 0 unspecified atom stereocenters. The van der Waals surface area contributed by atoms with Crippen LogP contribution in [0.1, 0.15) is 29.2 Å². The first kappa shape index (κ1) is 19.9. The molecular weight excluding hydrogens is 384 g/mol. The summed E-state index contributed by atoms with van der Waals surface area (Å²) in [6, 6.07) is 3.59. The van der Waals surface area contributed by atoms with E-state index < -0.39 is 0 Å². The van der Waals surface area contributed by atoms with Gasteiger partial charge in [0.1, 0.15) is 0 Å². The summed E-state index contributed by atoms with van der Waals surface area (Å²) in [7, 11) is 0. The van der Waals surface area contributed by atoms with Crippen LogP contribution in [-0.2, 0) is 16.0 Å². The van der Waals surface area contributed by atoms with Crippen LogP contribution in [-0.4, -0.2) is 60.1 Å². The summed E-state index contributed by atoms with van der Waals surface area (Å²) in [4.78, 5) is 31.6. The van der Waals surface area contributed by atoms with Crippen molar-refractivity contribution in [1.29, 1.82) is 0 Å². The van der Waals surface area contributed by atoms with Crippen LogP contribution in [0.5, 0.6) is 0 Å². The van der Waals surface area contributed by atoms with Gasteiger partial charge >= 0.3 is 0 Å². The maximum Gasteiger partial charge on any atom is 0.267 e. The lowest BCUT2D eigenvalue weighted by atomic mass is 10.0. The number of thiazole rings is 1. The number of carbonyl (C=O) groups is 2. The van der Waals surface area contributed by atoms with Crippen LogP contribution in [0.4, 0.5) is 5.13 Å². The fourth-order valence-corrected chi connectivity index (χ4v) is 4.16. The first-order valence-electron chi connectivity index (χ1n) is 8.83.